The van der Waals surface area contributed by atoms with E-state index in [9.17, 15) is 0 Å². The van der Waals surface area contributed by atoms with E-state index >= 15 is 0 Å². The van der Waals surface area contributed by atoms with Crippen molar-refractivity contribution < 1.29 is 9.47 Å². The second-order valence-electron chi connectivity index (χ2n) is 5.40. The Balaban J connectivity index is 1.46. The van der Waals surface area contributed by atoms with E-state index in [2.05, 4.69) is 16.2 Å². The maximum Gasteiger partial charge on any atom is 0.187 e. The Kier molecular flexibility index (Phi) is 7.84. The minimum atomic E-state index is 0.622. The molecule has 2 aromatic carbocycles. The van der Waals surface area contributed by atoms with Crippen LogP contribution in [-0.2, 0) is 0 Å². The minimum Gasteiger partial charge on any atom is -0.494 e. The molecule has 0 radical (unpaired) electrons. The van der Waals surface area contributed by atoms with Gasteiger partial charge in [-0.2, -0.15) is 5.26 Å². The summed E-state index contributed by atoms with van der Waals surface area (Å²) >= 11 is 0. The molecule has 5 heteroatoms. The Morgan fingerprint density at radius 1 is 0.880 bits per heavy atom. The van der Waals surface area contributed by atoms with Gasteiger partial charge in [-0.3, -0.25) is 0 Å². The lowest BCUT2D eigenvalue weighted by atomic mass is 10.2. The topological polar surface area (TPSA) is 58.6 Å². The number of rotatable bonds is 10. The van der Waals surface area contributed by atoms with Crippen LogP contribution in [0.25, 0.3) is 4.85 Å². The maximum absolute atomic E-state index is 8.73. The summed E-state index contributed by atoms with van der Waals surface area (Å²) in [5.41, 5.74) is 1.26. The molecule has 2 aromatic rings. The van der Waals surface area contributed by atoms with Crippen LogP contribution in [0.5, 0.6) is 11.5 Å². The minimum absolute atomic E-state index is 0.622. The van der Waals surface area contributed by atoms with Crippen molar-refractivity contribution in [3.8, 4) is 17.6 Å². The molecule has 0 heterocycles. The number of nitriles is 1. The van der Waals surface area contributed by atoms with Crippen LogP contribution in [0.15, 0.2) is 48.5 Å². The zero-order chi connectivity index (χ0) is 17.7. The third kappa shape index (κ3) is 6.95. The summed E-state index contributed by atoms with van der Waals surface area (Å²) in [7, 11) is 0. The second kappa shape index (κ2) is 10.7. The molecule has 0 amide bonds. The Hall–Kier alpha value is -3.02. The van der Waals surface area contributed by atoms with Crippen molar-refractivity contribution in [3.05, 3.63) is 65.5 Å². The van der Waals surface area contributed by atoms with Gasteiger partial charge in [0, 0.05) is 0 Å². The molecule has 0 spiro atoms. The summed E-state index contributed by atoms with van der Waals surface area (Å²) < 4.78 is 11.2. The lowest BCUT2D eigenvalue weighted by molar-refractivity contribution is 0.298. The average molecular weight is 335 g/mol. The Labute approximate surface area is 148 Å². The van der Waals surface area contributed by atoms with Gasteiger partial charge in [0.15, 0.2) is 5.69 Å². The van der Waals surface area contributed by atoms with Crippen LogP contribution < -0.4 is 14.8 Å². The van der Waals surface area contributed by atoms with Crippen molar-refractivity contribution in [1.29, 1.82) is 5.26 Å². The molecule has 0 bridgehead atoms. The van der Waals surface area contributed by atoms with Gasteiger partial charge in [0.1, 0.15) is 11.5 Å². The Bertz CT molecular complexity index is 649. The number of hydrogen-bond donors (Lipinski definition) is 1. The number of hydrogen-bond acceptors (Lipinski definition) is 4. The Morgan fingerprint density at radius 2 is 1.40 bits per heavy atom. The summed E-state index contributed by atoms with van der Waals surface area (Å²) in [4.78, 5) is 3.35. The first-order valence-electron chi connectivity index (χ1n) is 8.26. The fourth-order valence-electron chi connectivity index (χ4n) is 2.14. The summed E-state index contributed by atoms with van der Waals surface area (Å²) in [6.07, 6.45) is 1.83. The van der Waals surface area contributed by atoms with Gasteiger partial charge in [0.25, 0.3) is 0 Å². The zero-order valence-corrected chi connectivity index (χ0v) is 14.1. The number of nitrogens with zero attached hydrogens (tertiary/aromatic N) is 2. The molecule has 0 aliphatic rings. The van der Waals surface area contributed by atoms with Gasteiger partial charge in [-0.1, -0.05) is 12.1 Å². The van der Waals surface area contributed by atoms with Gasteiger partial charge in [-0.05, 0) is 62.3 Å². The molecule has 0 unspecified atom stereocenters. The first-order chi connectivity index (χ1) is 12.3. The molecule has 5 nitrogen and oxygen atoms in total. The summed E-state index contributed by atoms with van der Waals surface area (Å²) in [6.45, 7) is 9.95. The van der Waals surface area contributed by atoms with E-state index in [0.29, 0.717) is 24.5 Å². The smallest absolute Gasteiger partial charge is 0.187 e. The van der Waals surface area contributed by atoms with E-state index < -0.39 is 0 Å². The second-order valence-corrected chi connectivity index (χ2v) is 5.40. The highest BCUT2D eigenvalue weighted by atomic mass is 16.5. The lowest BCUT2D eigenvalue weighted by Gasteiger charge is -2.08. The van der Waals surface area contributed by atoms with Crippen molar-refractivity contribution in [2.45, 2.75) is 12.8 Å². The summed E-state index contributed by atoms with van der Waals surface area (Å²) in [5.74, 6) is 1.58. The molecule has 1 N–H and O–H groups in total. The fraction of sp³-hybridized carbons (Fsp3) is 0.300. The molecule has 25 heavy (non-hydrogen) atoms. The third-order valence-corrected chi connectivity index (χ3v) is 3.48. The number of benzene rings is 2. The third-order valence-electron chi connectivity index (χ3n) is 3.48. The molecule has 0 aliphatic carbocycles. The molecule has 2 rings (SSSR count). The SMILES string of the molecule is [C-]#[N+]c1ccc(OCCCNCCCOc2ccc(C#N)cc2)cc1. The van der Waals surface area contributed by atoms with Crippen molar-refractivity contribution >= 4 is 5.69 Å². The van der Waals surface area contributed by atoms with E-state index in [4.69, 9.17) is 21.3 Å². The number of ether oxygens (including phenoxy) is 2. The fourth-order valence-corrected chi connectivity index (χ4v) is 2.14. The highest BCUT2D eigenvalue weighted by Crippen LogP contribution is 2.17. The molecule has 0 aromatic heterocycles. The van der Waals surface area contributed by atoms with Crippen LogP contribution in [-0.4, -0.2) is 26.3 Å². The Morgan fingerprint density at radius 3 is 1.88 bits per heavy atom. The van der Waals surface area contributed by atoms with Crippen LogP contribution in [0.4, 0.5) is 5.69 Å². The lowest BCUT2D eigenvalue weighted by Crippen LogP contribution is -2.20. The normalized spacial score (nSPS) is 9.84. The average Bonchev–Trinajstić information content (AvgIpc) is 2.67. The maximum atomic E-state index is 8.73. The molecule has 0 saturated heterocycles. The van der Waals surface area contributed by atoms with Crippen molar-refractivity contribution in [2.24, 2.45) is 0 Å². The zero-order valence-electron chi connectivity index (χ0n) is 14.1. The first-order valence-corrected chi connectivity index (χ1v) is 8.26. The predicted octanol–water partition coefficient (Wildman–Crippen LogP) is 3.94. The molecule has 0 aliphatic heterocycles. The molecular weight excluding hydrogens is 314 g/mol. The van der Waals surface area contributed by atoms with Gasteiger partial charge >= 0.3 is 0 Å². The van der Waals surface area contributed by atoms with Crippen LogP contribution in [0.3, 0.4) is 0 Å². The van der Waals surface area contributed by atoms with Crippen molar-refractivity contribution in [3.63, 3.8) is 0 Å². The van der Waals surface area contributed by atoms with Gasteiger partial charge in [-0.15, -0.1) is 0 Å². The van der Waals surface area contributed by atoms with Crippen molar-refractivity contribution in [1.82, 2.24) is 5.32 Å². The van der Waals surface area contributed by atoms with Gasteiger partial charge in [-0.25, -0.2) is 4.85 Å². The quantitative estimate of drug-likeness (QED) is 0.528. The summed E-state index contributed by atoms with van der Waals surface area (Å²) in [5, 5.41) is 12.1. The van der Waals surface area contributed by atoms with Crippen LogP contribution in [0.1, 0.15) is 18.4 Å². The highest BCUT2D eigenvalue weighted by Gasteiger charge is 1.96. The molecule has 0 saturated carbocycles. The standard InChI is InChI=1S/C20H21N3O2/c1-22-18-6-10-20(11-7-18)25-15-3-13-23-12-2-14-24-19-8-4-17(16-21)5-9-19/h4-11,23H,2-3,12-15H2. The molecule has 128 valence electrons. The molecular formula is C20H21N3O2. The molecule has 0 fully saturated rings. The van der Waals surface area contributed by atoms with Crippen LogP contribution >= 0.6 is 0 Å². The van der Waals surface area contributed by atoms with E-state index in [0.717, 1.165) is 37.4 Å². The van der Waals surface area contributed by atoms with E-state index in [1.54, 1.807) is 24.3 Å². The van der Waals surface area contributed by atoms with Gasteiger partial charge < -0.3 is 14.8 Å². The van der Waals surface area contributed by atoms with Crippen LogP contribution in [0, 0.1) is 17.9 Å². The van der Waals surface area contributed by atoms with E-state index in [-0.39, 0.29) is 0 Å². The first kappa shape index (κ1) is 18.3. The van der Waals surface area contributed by atoms with Gasteiger partial charge in [0.05, 0.1) is 31.4 Å². The number of nitrogens with one attached hydrogen (secondary N) is 1. The molecule has 0 atom stereocenters. The van der Waals surface area contributed by atoms with Crippen LogP contribution in [0.2, 0.25) is 0 Å². The van der Waals surface area contributed by atoms with E-state index in [1.807, 2.05) is 24.3 Å². The van der Waals surface area contributed by atoms with Crippen molar-refractivity contribution in [2.75, 3.05) is 26.3 Å². The predicted molar refractivity (Wildman–Crippen MR) is 97.0 cm³/mol. The summed E-state index contributed by atoms with van der Waals surface area (Å²) in [6, 6.07) is 16.4. The highest BCUT2D eigenvalue weighted by molar-refractivity contribution is 5.46. The monoisotopic (exact) mass is 335 g/mol. The van der Waals surface area contributed by atoms with Gasteiger partial charge in [0.2, 0.25) is 0 Å². The van der Waals surface area contributed by atoms with E-state index in [1.165, 1.54) is 0 Å². The largest absolute Gasteiger partial charge is 0.494 e.